The fraction of sp³-hybridized carbons (Fsp3) is 0.0455. The molecule has 7 nitrogen and oxygen atoms in total. The number of hydrogen-bond acceptors (Lipinski definition) is 4. The molecule has 5 rings (SSSR count). The molecule has 3 N–H and O–H groups in total. The zero-order chi connectivity index (χ0) is 19.8. The highest BCUT2D eigenvalue weighted by atomic mass is 16.5. The molecule has 0 spiro atoms. The summed E-state index contributed by atoms with van der Waals surface area (Å²) in [7, 11) is 0. The van der Waals surface area contributed by atoms with Crippen LogP contribution >= 0.6 is 0 Å². The maximum absolute atomic E-state index is 12.8. The van der Waals surface area contributed by atoms with Crippen LogP contribution < -0.4 is 15.4 Å². The van der Waals surface area contributed by atoms with E-state index >= 15 is 0 Å². The van der Waals surface area contributed by atoms with E-state index in [4.69, 9.17) is 4.74 Å². The molecular formula is C22H16N4O3. The van der Waals surface area contributed by atoms with Gasteiger partial charge in [0.25, 0.3) is 11.8 Å². The number of aromatic nitrogens is 2. The Hall–Kier alpha value is -4.13. The fourth-order valence-electron chi connectivity index (χ4n) is 3.29. The molecule has 0 radical (unpaired) electrons. The van der Waals surface area contributed by atoms with Crippen LogP contribution in [0.5, 0.6) is 5.75 Å². The van der Waals surface area contributed by atoms with E-state index in [0.717, 1.165) is 16.6 Å². The Morgan fingerprint density at radius 1 is 1.03 bits per heavy atom. The molecule has 7 heteroatoms. The van der Waals surface area contributed by atoms with Gasteiger partial charge in [0.15, 0.2) is 6.61 Å². The fourth-order valence-corrected chi connectivity index (χ4v) is 3.29. The molecule has 0 fully saturated rings. The van der Waals surface area contributed by atoms with Crippen LogP contribution in [0.25, 0.3) is 22.4 Å². The number of H-pyrrole nitrogens is 1. The molecule has 1 aliphatic heterocycles. The second kappa shape index (κ2) is 6.79. The lowest BCUT2D eigenvalue weighted by Crippen LogP contribution is -2.25. The molecule has 0 saturated heterocycles. The summed E-state index contributed by atoms with van der Waals surface area (Å²) in [6.45, 7) is -0.0625. The van der Waals surface area contributed by atoms with Gasteiger partial charge in [-0.25, -0.2) is 4.98 Å². The largest absolute Gasteiger partial charge is 0.482 e. The number of amides is 2. The van der Waals surface area contributed by atoms with Gasteiger partial charge in [-0.2, -0.15) is 0 Å². The van der Waals surface area contributed by atoms with Crippen LogP contribution in [0, 0.1) is 0 Å². The van der Waals surface area contributed by atoms with E-state index in [1.807, 2.05) is 48.5 Å². The average Bonchev–Trinajstić information content (AvgIpc) is 3.17. The normalized spacial score (nSPS) is 12.8. The standard InChI is InChI=1S/C22H16N4O3/c27-20-12-29-19-11-13(9-10-18(19)23-20)22(28)26-15-6-2-1-5-14(15)21-24-16-7-3-4-8-17(16)25-21/h1-11H,12H2,(H,23,27)(H,24,25)(H,26,28). The molecule has 4 aromatic rings. The van der Waals surface area contributed by atoms with Gasteiger partial charge in [0, 0.05) is 11.1 Å². The van der Waals surface area contributed by atoms with Crippen LogP contribution in [0.3, 0.4) is 0 Å². The molecule has 1 aliphatic rings. The van der Waals surface area contributed by atoms with Gasteiger partial charge in [0.2, 0.25) is 0 Å². The van der Waals surface area contributed by atoms with Crippen molar-refractivity contribution in [3.63, 3.8) is 0 Å². The summed E-state index contributed by atoms with van der Waals surface area (Å²) < 4.78 is 5.40. The molecular weight excluding hydrogens is 368 g/mol. The predicted molar refractivity (Wildman–Crippen MR) is 110 cm³/mol. The van der Waals surface area contributed by atoms with E-state index < -0.39 is 0 Å². The van der Waals surface area contributed by atoms with Crippen LogP contribution in [-0.2, 0) is 4.79 Å². The minimum Gasteiger partial charge on any atom is -0.482 e. The zero-order valence-electron chi connectivity index (χ0n) is 15.2. The molecule has 0 bridgehead atoms. The molecule has 29 heavy (non-hydrogen) atoms. The SMILES string of the molecule is O=C1COc2cc(C(=O)Nc3ccccc3-c3nc4ccccc4[nH]3)ccc2N1. The Balaban J connectivity index is 1.45. The summed E-state index contributed by atoms with van der Waals surface area (Å²) in [5.41, 5.74) is 4.21. The van der Waals surface area contributed by atoms with Gasteiger partial charge in [0.1, 0.15) is 11.6 Å². The van der Waals surface area contributed by atoms with Crippen LogP contribution in [-0.4, -0.2) is 28.4 Å². The topological polar surface area (TPSA) is 96.1 Å². The first kappa shape index (κ1) is 17.0. The number of aromatic amines is 1. The molecule has 142 valence electrons. The second-order valence-corrected chi connectivity index (χ2v) is 6.65. The molecule has 0 unspecified atom stereocenters. The van der Waals surface area contributed by atoms with E-state index in [0.29, 0.717) is 28.5 Å². The summed E-state index contributed by atoms with van der Waals surface area (Å²) >= 11 is 0. The first-order chi connectivity index (χ1) is 14.2. The van der Waals surface area contributed by atoms with Gasteiger partial charge in [0.05, 0.1) is 22.4 Å². The van der Waals surface area contributed by atoms with Crippen molar-refractivity contribution >= 4 is 34.2 Å². The molecule has 1 aromatic heterocycles. The number of ether oxygens (including phenoxy) is 1. The molecule has 2 heterocycles. The highest BCUT2D eigenvalue weighted by molar-refractivity contribution is 6.07. The average molecular weight is 384 g/mol. The van der Waals surface area contributed by atoms with Gasteiger partial charge in [-0.1, -0.05) is 24.3 Å². The number of carbonyl (C=O) groups excluding carboxylic acids is 2. The zero-order valence-corrected chi connectivity index (χ0v) is 15.2. The summed E-state index contributed by atoms with van der Waals surface area (Å²) in [6.07, 6.45) is 0. The van der Waals surface area contributed by atoms with E-state index in [9.17, 15) is 9.59 Å². The third-order valence-corrected chi connectivity index (χ3v) is 4.70. The monoisotopic (exact) mass is 384 g/mol. The van der Waals surface area contributed by atoms with E-state index in [-0.39, 0.29) is 18.4 Å². The molecule has 3 aromatic carbocycles. The van der Waals surface area contributed by atoms with Crippen molar-refractivity contribution in [2.45, 2.75) is 0 Å². The Morgan fingerprint density at radius 3 is 2.76 bits per heavy atom. The lowest BCUT2D eigenvalue weighted by Gasteiger charge is -2.18. The van der Waals surface area contributed by atoms with Crippen molar-refractivity contribution in [1.82, 2.24) is 9.97 Å². The van der Waals surface area contributed by atoms with Gasteiger partial charge < -0.3 is 20.4 Å². The van der Waals surface area contributed by atoms with Gasteiger partial charge in [-0.3, -0.25) is 9.59 Å². The minimum atomic E-state index is -0.281. The highest BCUT2D eigenvalue weighted by Gasteiger charge is 2.19. The van der Waals surface area contributed by atoms with Crippen LogP contribution in [0.4, 0.5) is 11.4 Å². The van der Waals surface area contributed by atoms with Crippen LogP contribution in [0.2, 0.25) is 0 Å². The lowest BCUT2D eigenvalue weighted by atomic mass is 10.1. The number of fused-ring (bicyclic) bond motifs is 2. The van der Waals surface area contributed by atoms with E-state index in [2.05, 4.69) is 20.6 Å². The number of benzene rings is 3. The Bertz CT molecular complexity index is 1230. The first-order valence-electron chi connectivity index (χ1n) is 9.09. The second-order valence-electron chi connectivity index (χ2n) is 6.65. The summed E-state index contributed by atoms with van der Waals surface area (Å²) in [6, 6.07) is 20.2. The Labute approximate surface area is 165 Å². The lowest BCUT2D eigenvalue weighted by molar-refractivity contribution is -0.118. The Kier molecular flexibility index (Phi) is 3.98. The number of imidazole rings is 1. The third kappa shape index (κ3) is 3.19. The quantitative estimate of drug-likeness (QED) is 0.500. The van der Waals surface area contributed by atoms with Crippen molar-refractivity contribution in [1.29, 1.82) is 0 Å². The highest BCUT2D eigenvalue weighted by Crippen LogP contribution is 2.30. The molecule has 0 aliphatic carbocycles. The van der Waals surface area contributed by atoms with Crippen molar-refractivity contribution < 1.29 is 14.3 Å². The molecule has 0 atom stereocenters. The van der Waals surface area contributed by atoms with E-state index in [1.165, 1.54) is 0 Å². The maximum atomic E-state index is 12.8. The minimum absolute atomic E-state index is 0.0625. The predicted octanol–water partition coefficient (Wildman–Crippen LogP) is 3.81. The third-order valence-electron chi connectivity index (χ3n) is 4.70. The van der Waals surface area contributed by atoms with Crippen LogP contribution in [0.15, 0.2) is 66.7 Å². The first-order valence-corrected chi connectivity index (χ1v) is 9.09. The van der Waals surface area contributed by atoms with Gasteiger partial charge in [-0.05, 0) is 42.5 Å². The number of rotatable bonds is 3. The molecule has 2 amide bonds. The number of carbonyl (C=O) groups is 2. The summed E-state index contributed by atoms with van der Waals surface area (Å²) in [4.78, 5) is 32.1. The number of para-hydroxylation sites is 3. The Morgan fingerprint density at radius 2 is 1.86 bits per heavy atom. The number of hydrogen-bond donors (Lipinski definition) is 3. The van der Waals surface area contributed by atoms with Crippen molar-refractivity contribution in [2.24, 2.45) is 0 Å². The van der Waals surface area contributed by atoms with Crippen molar-refractivity contribution in [2.75, 3.05) is 17.2 Å². The smallest absolute Gasteiger partial charge is 0.262 e. The van der Waals surface area contributed by atoms with Gasteiger partial charge in [-0.15, -0.1) is 0 Å². The van der Waals surface area contributed by atoms with Crippen molar-refractivity contribution in [3.8, 4) is 17.1 Å². The summed E-state index contributed by atoms with van der Waals surface area (Å²) in [5, 5.41) is 5.65. The van der Waals surface area contributed by atoms with Crippen molar-refractivity contribution in [3.05, 3.63) is 72.3 Å². The van der Waals surface area contributed by atoms with Gasteiger partial charge >= 0.3 is 0 Å². The molecule has 0 saturated carbocycles. The summed E-state index contributed by atoms with van der Waals surface area (Å²) in [5.74, 6) is 0.660. The number of anilines is 2. The number of nitrogens with one attached hydrogen (secondary N) is 3. The number of nitrogens with zero attached hydrogens (tertiary/aromatic N) is 1. The van der Waals surface area contributed by atoms with E-state index in [1.54, 1.807) is 18.2 Å². The van der Waals surface area contributed by atoms with Crippen LogP contribution in [0.1, 0.15) is 10.4 Å². The maximum Gasteiger partial charge on any atom is 0.262 e.